The van der Waals surface area contributed by atoms with Crippen LogP contribution in [0, 0.1) is 20.8 Å². The van der Waals surface area contributed by atoms with Crippen molar-refractivity contribution >= 4 is 27.5 Å². The lowest BCUT2D eigenvalue weighted by Crippen LogP contribution is -2.53. The molecule has 8 heteroatoms. The van der Waals surface area contributed by atoms with Gasteiger partial charge in [0.25, 0.3) is 10.0 Å². The van der Waals surface area contributed by atoms with Gasteiger partial charge < -0.3 is 10.2 Å². The van der Waals surface area contributed by atoms with Crippen molar-refractivity contribution in [2.75, 3.05) is 17.4 Å². The second-order valence-electron chi connectivity index (χ2n) is 11.0. The predicted octanol–water partition coefficient (Wildman–Crippen LogP) is 5.33. The van der Waals surface area contributed by atoms with Gasteiger partial charge in [-0.1, -0.05) is 73.0 Å². The summed E-state index contributed by atoms with van der Waals surface area (Å²) in [7, 11) is -4.09. The monoisotopic (exact) mass is 575 g/mol. The van der Waals surface area contributed by atoms with Gasteiger partial charge in [-0.2, -0.15) is 0 Å². The maximum Gasteiger partial charge on any atom is 0.264 e. The first-order valence-corrected chi connectivity index (χ1v) is 15.8. The molecule has 1 fully saturated rings. The fraction of sp³-hybridized carbons (Fsp3) is 0.394. The molecule has 3 aromatic carbocycles. The Morgan fingerprint density at radius 2 is 1.56 bits per heavy atom. The van der Waals surface area contributed by atoms with E-state index in [0.717, 1.165) is 47.9 Å². The number of carbonyl (C=O) groups excluding carboxylic acids is 2. The Kier molecular flexibility index (Phi) is 9.86. The van der Waals surface area contributed by atoms with Crippen molar-refractivity contribution in [3.8, 4) is 0 Å². The van der Waals surface area contributed by atoms with Crippen LogP contribution >= 0.6 is 0 Å². The van der Waals surface area contributed by atoms with Gasteiger partial charge in [-0.05, 0) is 81.8 Å². The van der Waals surface area contributed by atoms with E-state index in [1.165, 1.54) is 9.21 Å². The third-order valence-corrected chi connectivity index (χ3v) is 9.86. The average molecular weight is 576 g/mol. The molecule has 1 saturated carbocycles. The maximum absolute atomic E-state index is 14.1. The predicted molar refractivity (Wildman–Crippen MR) is 163 cm³/mol. The minimum atomic E-state index is -4.09. The largest absolute Gasteiger partial charge is 0.352 e. The van der Waals surface area contributed by atoms with Gasteiger partial charge >= 0.3 is 0 Å². The Hall–Kier alpha value is -3.65. The first-order chi connectivity index (χ1) is 19.6. The van der Waals surface area contributed by atoms with E-state index in [1.807, 2.05) is 57.2 Å². The molecular weight excluding hydrogens is 534 g/mol. The number of amides is 2. The number of rotatable bonds is 11. The molecule has 0 heterocycles. The standard InChI is InChI=1S/C33H41N3O4S/c1-24-17-19-30(20-18-24)41(39,40)36(31-16-10-11-25(2)26(31)3)23-32(37)35(22-21-28-12-6-5-7-13-28)27(4)33(38)34-29-14-8-9-15-29/h5-7,10-13,16-20,27,29H,8-9,14-15,21-23H2,1-4H3,(H,34,38). The number of anilines is 1. The SMILES string of the molecule is Cc1ccc(S(=O)(=O)N(CC(=O)N(CCc2ccccc2)C(C)C(=O)NC2CCCC2)c2cccc(C)c2C)cc1. The van der Waals surface area contributed by atoms with Crippen LogP contribution in [0.5, 0.6) is 0 Å². The quantitative estimate of drug-likeness (QED) is 0.335. The lowest BCUT2D eigenvalue weighted by atomic mass is 10.1. The van der Waals surface area contributed by atoms with Crippen LogP contribution < -0.4 is 9.62 Å². The Morgan fingerprint density at radius 3 is 2.22 bits per heavy atom. The van der Waals surface area contributed by atoms with Crippen LogP contribution in [0.1, 0.15) is 54.9 Å². The molecule has 0 aliphatic heterocycles. The highest BCUT2D eigenvalue weighted by molar-refractivity contribution is 7.92. The Labute approximate surface area is 244 Å². The van der Waals surface area contributed by atoms with Gasteiger partial charge in [0.2, 0.25) is 11.8 Å². The van der Waals surface area contributed by atoms with E-state index < -0.39 is 28.5 Å². The zero-order valence-electron chi connectivity index (χ0n) is 24.5. The number of nitrogens with zero attached hydrogens (tertiary/aromatic N) is 2. The fourth-order valence-electron chi connectivity index (χ4n) is 5.32. The number of hydrogen-bond donors (Lipinski definition) is 1. The molecule has 0 radical (unpaired) electrons. The summed E-state index contributed by atoms with van der Waals surface area (Å²) in [5.41, 5.74) is 4.12. The Morgan fingerprint density at radius 1 is 0.902 bits per heavy atom. The molecule has 1 aliphatic carbocycles. The molecule has 0 spiro atoms. The molecule has 0 bridgehead atoms. The summed E-state index contributed by atoms with van der Waals surface area (Å²) >= 11 is 0. The van der Waals surface area contributed by atoms with E-state index in [4.69, 9.17) is 0 Å². The van der Waals surface area contributed by atoms with E-state index in [1.54, 1.807) is 43.3 Å². The smallest absolute Gasteiger partial charge is 0.264 e. The number of carbonyl (C=O) groups is 2. The van der Waals surface area contributed by atoms with E-state index >= 15 is 0 Å². The first kappa shape index (κ1) is 30.3. The van der Waals surface area contributed by atoms with E-state index in [9.17, 15) is 18.0 Å². The molecule has 1 unspecified atom stereocenters. The molecule has 4 rings (SSSR count). The van der Waals surface area contributed by atoms with Crippen molar-refractivity contribution in [1.82, 2.24) is 10.2 Å². The van der Waals surface area contributed by atoms with Crippen LogP contribution in [-0.2, 0) is 26.0 Å². The Balaban J connectivity index is 1.67. The zero-order valence-corrected chi connectivity index (χ0v) is 25.3. The minimum Gasteiger partial charge on any atom is -0.352 e. The number of hydrogen-bond acceptors (Lipinski definition) is 4. The number of aryl methyl sites for hydroxylation is 2. The zero-order chi connectivity index (χ0) is 29.6. The molecule has 1 N–H and O–H groups in total. The summed E-state index contributed by atoms with van der Waals surface area (Å²) in [5.74, 6) is -0.635. The van der Waals surface area contributed by atoms with Crippen LogP contribution in [0.2, 0.25) is 0 Å². The van der Waals surface area contributed by atoms with Gasteiger partial charge in [0.1, 0.15) is 12.6 Å². The number of sulfonamides is 1. The molecule has 218 valence electrons. The summed E-state index contributed by atoms with van der Waals surface area (Å²) in [6, 6.07) is 21.2. The van der Waals surface area contributed by atoms with Crippen molar-refractivity contribution in [3.63, 3.8) is 0 Å². The molecule has 1 aliphatic rings. The van der Waals surface area contributed by atoms with Crippen LogP contribution in [0.3, 0.4) is 0 Å². The van der Waals surface area contributed by atoms with Crippen LogP contribution in [0.15, 0.2) is 77.7 Å². The second kappa shape index (κ2) is 13.3. The van der Waals surface area contributed by atoms with Crippen molar-refractivity contribution in [3.05, 3.63) is 95.1 Å². The first-order valence-electron chi connectivity index (χ1n) is 14.4. The summed E-state index contributed by atoms with van der Waals surface area (Å²) in [6.45, 7) is 7.26. The fourth-order valence-corrected chi connectivity index (χ4v) is 6.79. The molecule has 1 atom stereocenters. The third-order valence-electron chi connectivity index (χ3n) is 8.09. The van der Waals surface area contributed by atoms with Crippen molar-refractivity contribution in [2.24, 2.45) is 0 Å². The summed E-state index contributed by atoms with van der Waals surface area (Å²) in [6.07, 6.45) is 4.58. The lowest BCUT2D eigenvalue weighted by Gasteiger charge is -2.33. The van der Waals surface area contributed by atoms with Gasteiger partial charge in [0.05, 0.1) is 10.6 Å². The number of benzene rings is 3. The third kappa shape index (κ3) is 7.36. The van der Waals surface area contributed by atoms with Gasteiger partial charge in [-0.15, -0.1) is 0 Å². The molecular formula is C33H41N3O4S. The van der Waals surface area contributed by atoms with E-state index in [0.29, 0.717) is 12.1 Å². The molecule has 41 heavy (non-hydrogen) atoms. The van der Waals surface area contributed by atoms with E-state index in [-0.39, 0.29) is 23.4 Å². The molecule has 0 aromatic heterocycles. The summed E-state index contributed by atoms with van der Waals surface area (Å²) in [4.78, 5) is 29.1. The minimum absolute atomic E-state index is 0.111. The highest BCUT2D eigenvalue weighted by Crippen LogP contribution is 2.29. The normalized spacial score (nSPS) is 14.4. The van der Waals surface area contributed by atoms with Crippen molar-refractivity contribution in [2.45, 2.75) is 76.8 Å². The highest BCUT2D eigenvalue weighted by atomic mass is 32.2. The van der Waals surface area contributed by atoms with Crippen molar-refractivity contribution in [1.29, 1.82) is 0 Å². The van der Waals surface area contributed by atoms with Gasteiger partial charge in [0, 0.05) is 12.6 Å². The summed E-state index contributed by atoms with van der Waals surface area (Å²) in [5, 5.41) is 3.11. The van der Waals surface area contributed by atoms with Gasteiger partial charge in [-0.25, -0.2) is 8.42 Å². The topological polar surface area (TPSA) is 86.8 Å². The van der Waals surface area contributed by atoms with Gasteiger partial charge in [-0.3, -0.25) is 13.9 Å². The number of nitrogens with one attached hydrogen (secondary N) is 1. The molecule has 0 saturated heterocycles. The average Bonchev–Trinajstić information content (AvgIpc) is 3.47. The highest BCUT2D eigenvalue weighted by Gasteiger charge is 2.33. The summed E-state index contributed by atoms with van der Waals surface area (Å²) < 4.78 is 29.3. The van der Waals surface area contributed by atoms with Crippen LogP contribution in [0.25, 0.3) is 0 Å². The maximum atomic E-state index is 14.1. The van der Waals surface area contributed by atoms with Gasteiger partial charge in [0.15, 0.2) is 0 Å². The molecule has 3 aromatic rings. The molecule has 2 amide bonds. The van der Waals surface area contributed by atoms with Crippen LogP contribution in [-0.4, -0.2) is 50.3 Å². The molecule has 7 nitrogen and oxygen atoms in total. The lowest BCUT2D eigenvalue weighted by molar-refractivity contribution is -0.139. The van der Waals surface area contributed by atoms with E-state index in [2.05, 4.69) is 5.32 Å². The Bertz CT molecular complexity index is 1450. The second-order valence-corrected chi connectivity index (χ2v) is 12.9. The van der Waals surface area contributed by atoms with Crippen molar-refractivity contribution < 1.29 is 18.0 Å². The van der Waals surface area contributed by atoms with Crippen LogP contribution in [0.4, 0.5) is 5.69 Å².